The lowest BCUT2D eigenvalue weighted by atomic mass is 9.65. The molecule has 1 fully saturated rings. The van der Waals surface area contributed by atoms with E-state index in [9.17, 15) is 0 Å². The number of guanidine groups is 1. The molecule has 2 aromatic rings. The fraction of sp³-hybridized carbons (Fsp3) is 0.526. The summed E-state index contributed by atoms with van der Waals surface area (Å²) in [6.07, 6.45) is 5.46. The SMILES string of the molecule is CCNC(=NCc1ccnc(-n2cccn2)c1)N1CC(C)(C)C1(C)C.I. The lowest BCUT2D eigenvalue weighted by Crippen LogP contribution is -2.72. The molecule has 1 aliphatic rings. The Morgan fingerprint density at radius 1 is 1.27 bits per heavy atom. The Morgan fingerprint density at radius 3 is 2.62 bits per heavy atom. The summed E-state index contributed by atoms with van der Waals surface area (Å²) in [5.41, 5.74) is 1.49. The van der Waals surface area contributed by atoms with Crippen LogP contribution in [0.5, 0.6) is 0 Å². The van der Waals surface area contributed by atoms with Crippen LogP contribution < -0.4 is 5.32 Å². The first-order valence-corrected chi connectivity index (χ1v) is 8.86. The normalized spacial score (nSPS) is 18.0. The standard InChI is InChI=1S/C19H28N6.HI/c1-6-20-17(24-14-18(2,3)19(24,4)5)22-13-15-8-10-21-16(12-15)25-11-7-9-23-25;/h7-12H,6,13-14H2,1-5H3,(H,20,22);1H. The maximum Gasteiger partial charge on any atom is 0.194 e. The van der Waals surface area contributed by atoms with Gasteiger partial charge in [-0.15, -0.1) is 24.0 Å². The number of pyridine rings is 1. The molecule has 0 unspecified atom stereocenters. The molecular formula is C19H29IN6. The number of likely N-dealkylation sites (tertiary alicyclic amines) is 1. The number of halogens is 1. The van der Waals surface area contributed by atoms with Crippen LogP contribution in [0.15, 0.2) is 41.8 Å². The molecule has 0 aromatic carbocycles. The summed E-state index contributed by atoms with van der Waals surface area (Å²) in [4.78, 5) is 11.6. The Labute approximate surface area is 173 Å². The zero-order valence-corrected chi connectivity index (χ0v) is 18.6. The van der Waals surface area contributed by atoms with Crippen molar-refractivity contribution in [2.45, 2.75) is 46.7 Å². The Hall–Kier alpha value is -1.64. The minimum absolute atomic E-state index is 0. The zero-order chi connectivity index (χ0) is 18.1. The van der Waals surface area contributed by atoms with Gasteiger partial charge in [0.05, 0.1) is 6.54 Å². The van der Waals surface area contributed by atoms with Crippen LogP contribution in [0.4, 0.5) is 0 Å². The monoisotopic (exact) mass is 468 g/mol. The van der Waals surface area contributed by atoms with Crippen molar-refractivity contribution in [3.05, 3.63) is 42.4 Å². The maximum atomic E-state index is 4.86. The number of nitrogens with one attached hydrogen (secondary N) is 1. The van der Waals surface area contributed by atoms with Crippen molar-refractivity contribution >= 4 is 29.9 Å². The largest absolute Gasteiger partial charge is 0.356 e. The van der Waals surface area contributed by atoms with Gasteiger partial charge in [-0.2, -0.15) is 5.10 Å². The number of aliphatic imine (C=N–C) groups is 1. The molecule has 0 atom stereocenters. The fourth-order valence-electron chi connectivity index (χ4n) is 3.05. The molecule has 0 radical (unpaired) electrons. The van der Waals surface area contributed by atoms with E-state index < -0.39 is 0 Å². The van der Waals surface area contributed by atoms with Crippen molar-refractivity contribution in [2.75, 3.05) is 13.1 Å². The molecule has 2 aromatic heterocycles. The molecule has 6 nitrogen and oxygen atoms in total. The van der Waals surface area contributed by atoms with Gasteiger partial charge in [0.25, 0.3) is 0 Å². The van der Waals surface area contributed by atoms with Crippen molar-refractivity contribution in [3.63, 3.8) is 0 Å². The van der Waals surface area contributed by atoms with Crippen molar-refractivity contribution in [2.24, 2.45) is 10.4 Å². The fourth-order valence-corrected chi connectivity index (χ4v) is 3.05. The topological polar surface area (TPSA) is 58.3 Å². The summed E-state index contributed by atoms with van der Waals surface area (Å²) in [6, 6.07) is 5.93. The molecule has 0 spiro atoms. The zero-order valence-electron chi connectivity index (χ0n) is 16.2. The van der Waals surface area contributed by atoms with Gasteiger partial charge in [-0.25, -0.2) is 14.7 Å². The van der Waals surface area contributed by atoms with Crippen LogP contribution in [0, 0.1) is 5.41 Å². The Balaban J connectivity index is 0.00000243. The summed E-state index contributed by atoms with van der Waals surface area (Å²) in [5, 5.41) is 7.67. The third kappa shape index (κ3) is 3.87. The molecular weight excluding hydrogens is 439 g/mol. The molecule has 1 aliphatic heterocycles. The summed E-state index contributed by atoms with van der Waals surface area (Å²) >= 11 is 0. The lowest BCUT2D eigenvalue weighted by molar-refractivity contribution is -0.0667. The molecule has 7 heteroatoms. The lowest BCUT2D eigenvalue weighted by Gasteiger charge is -2.62. The van der Waals surface area contributed by atoms with Gasteiger partial charge in [0.1, 0.15) is 0 Å². The molecule has 1 saturated heterocycles. The van der Waals surface area contributed by atoms with Crippen LogP contribution in [0.25, 0.3) is 5.82 Å². The second-order valence-electron chi connectivity index (χ2n) is 7.67. The highest BCUT2D eigenvalue weighted by molar-refractivity contribution is 14.0. The number of hydrogen-bond donors (Lipinski definition) is 1. The quantitative estimate of drug-likeness (QED) is 0.424. The number of rotatable bonds is 4. The average molecular weight is 468 g/mol. The van der Waals surface area contributed by atoms with Crippen LogP contribution in [-0.4, -0.2) is 44.3 Å². The Kier molecular flexibility index (Phi) is 6.31. The molecule has 0 bridgehead atoms. The first-order valence-electron chi connectivity index (χ1n) is 8.86. The van der Waals surface area contributed by atoms with Crippen molar-refractivity contribution in [1.29, 1.82) is 0 Å². The van der Waals surface area contributed by atoms with E-state index in [2.05, 4.69) is 54.9 Å². The third-order valence-corrected chi connectivity index (χ3v) is 5.44. The predicted molar refractivity (Wildman–Crippen MR) is 116 cm³/mol. The van der Waals surface area contributed by atoms with Crippen molar-refractivity contribution in [3.8, 4) is 5.82 Å². The van der Waals surface area contributed by atoms with Crippen LogP contribution in [0.2, 0.25) is 0 Å². The van der Waals surface area contributed by atoms with Crippen molar-refractivity contribution in [1.82, 2.24) is 25.0 Å². The minimum atomic E-state index is 0. The molecule has 0 amide bonds. The van der Waals surface area contributed by atoms with Crippen LogP contribution in [0.3, 0.4) is 0 Å². The average Bonchev–Trinajstić information content (AvgIpc) is 3.12. The van der Waals surface area contributed by atoms with Crippen LogP contribution >= 0.6 is 24.0 Å². The summed E-state index contributed by atoms with van der Waals surface area (Å²) in [5.74, 6) is 1.79. The van der Waals surface area contributed by atoms with E-state index in [4.69, 9.17) is 4.99 Å². The molecule has 1 N–H and O–H groups in total. The minimum Gasteiger partial charge on any atom is -0.356 e. The van der Waals surface area contributed by atoms with Gasteiger partial charge in [0.2, 0.25) is 0 Å². The highest BCUT2D eigenvalue weighted by atomic mass is 127. The maximum absolute atomic E-state index is 4.86. The van der Waals surface area contributed by atoms with Gasteiger partial charge >= 0.3 is 0 Å². The van der Waals surface area contributed by atoms with Gasteiger partial charge in [-0.05, 0) is 44.5 Å². The van der Waals surface area contributed by atoms with E-state index >= 15 is 0 Å². The number of hydrogen-bond acceptors (Lipinski definition) is 3. The number of nitrogens with zero attached hydrogens (tertiary/aromatic N) is 5. The first kappa shape index (κ1) is 20.7. The van der Waals surface area contributed by atoms with Crippen molar-refractivity contribution < 1.29 is 0 Å². The summed E-state index contributed by atoms with van der Waals surface area (Å²) in [6.45, 7) is 13.8. The smallest absolute Gasteiger partial charge is 0.194 e. The van der Waals surface area contributed by atoms with Crippen LogP contribution in [-0.2, 0) is 6.54 Å². The second-order valence-corrected chi connectivity index (χ2v) is 7.67. The van der Waals surface area contributed by atoms with E-state index in [1.807, 2.05) is 30.6 Å². The Morgan fingerprint density at radius 2 is 2.04 bits per heavy atom. The van der Waals surface area contributed by atoms with E-state index in [0.717, 1.165) is 30.4 Å². The molecule has 3 heterocycles. The molecule has 142 valence electrons. The third-order valence-electron chi connectivity index (χ3n) is 5.44. The highest BCUT2D eigenvalue weighted by Crippen LogP contribution is 2.46. The van der Waals surface area contributed by atoms with Gasteiger partial charge in [-0.1, -0.05) is 13.8 Å². The molecule has 0 saturated carbocycles. The second kappa shape index (κ2) is 7.94. The Bertz CT molecular complexity index is 751. The molecule has 26 heavy (non-hydrogen) atoms. The van der Waals surface area contributed by atoms with Gasteiger partial charge in [0, 0.05) is 42.6 Å². The van der Waals surface area contributed by atoms with Gasteiger partial charge in [-0.3, -0.25) is 0 Å². The predicted octanol–water partition coefficient (Wildman–Crippen LogP) is 3.47. The first-order chi connectivity index (χ1) is 11.8. The van der Waals surface area contributed by atoms with E-state index in [1.165, 1.54) is 0 Å². The van der Waals surface area contributed by atoms with Gasteiger partial charge < -0.3 is 10.2 Å². The summed E-state index contributed by atoms with van der Waals surface area (Å²) < 4.78 is 1.76. The van der Waals surface area contributed by atoms with Gasteiger partial charge in [0.15, 0.2) is 11.8 Å². The van der Waals surface area contributed by atoms with Crippen LogP contribution in [0.1, 0.15) is 40.2 Å². The van der Waals surface area contributed by atoms with E-state index in [-0.39, 0.29) is 34.9 Å². The molecule has 0 aliphatic carbocycles. The summed E-state index contributed by atoms with van der Waals surface area (Å²) in [7, 11) is 0. The number of aromatic nitrogens is 3. The van der Waals surface area contributed by atoms with E-state index in [1.54, 1.807) is 10.9 Å². The molecule has 3 rings (SSSR count). The van der Waals surface area contributed by atoms with E-state index in [0.29, 0.717) is 6.54 Å². The highest BCUT2D eigenvalue weighted by Gasteiger charge is 2.53.